The van der Waals surface area contributed by atoms with Gasteiger partial charge in [-0.3, -0.25) is 0 Å². The van der Waals surface area contributed by atoms with Crippen molar-refractivity contribution in [3.05, 3.63) is 0 Å². The van der Waals surface area contributed by atoms with E-state index in [9.17, 15) is 0 Å². The Labute approximate surface area is 105 Å². The molecule has 0 aromatic rings. The monoisotopic (exact) mass is 207 g/mol. The predicted molar refractivity (Wildman–Crippen MR) is 42.9 cm³/mol. The zero-order valence-corrected chi connectivity index (χ0v) is 10.3. The summed E-state index contributed by atoms with van der Waals surface area (Å²) in [7, 11) is 0. The molecule has 0 amide bonds. The molecule has 0 aromatic heterocycles. The van der Waals surface area contributed by atoms with Crippen molar-refractivity contribution >= 4 is 37.7 Å². The predicted octanol–water partition coefficient (Wildman–Crippen LogP) is -2.60. The number of aliphatic hydroxyl groups is 2. The SMILES string of the molecule is CCC(CC)(CO)CO.[Ca+2].[Cl-]. The molecular formula is C7H16CaClO2+. The smallest absolute Gasteiger partial charge is 1.00 e. The Bertz CT molecular complexity index is 59.3. The van der Waals surface area contributed by atoms with Gasteiger partial charge in [-0.2, -0.15) is 0 Å². The first-order valence-electron chi connectivity index (χ1n) is 3.46. The third kappa shape index (κ3) is 5.67. The summed E-state index contributed by atoms with van der Waals surface area (Å²) in [5.41, 5.74) is -0.222. The molecular weight excluding hydrogens is 192 g/mol. The first-order chi connectivity index (χ1) is 4.24. The molecule has 2 nitrogen and oxygen atoms in total. The minimum absolute atomic E-state index is 0. The van der Waals surface area contributed by atoms with E-state index in [1.165, 1.54) is 0 Å². The van der Waals surface area contributed by atoms with E-state index >= 15 is 0 Å². The van der Waals surface area contributed by atoms with Crippen LogP contribution in [0.5, 0.6) is 0 Å². The third-order valence-electron chi connectivity index (χ3n) is 2.17. The van der Waals surface area contributed by atoms with Gasteiger partial charge in [0.25, 0.3) is 0 Å². The summed E-state index contributed by atoms with van der Waals surface area (Å²) >= 11 is 0. The average Bonchev–Trinajstić information content (AvgIpc) is 1.95. The van der Waals surface area contributed by atoms with Gasteiger partial charge in [0.05, 0.1) is 13.2 Å². The van der Waals surface area contributed by atoms with Gasteiger partial charge in [0.1, 0.15) is 0 Å². The van der Waals surface area contributed by atoms with Crippen LogP contribution in [0.15, 0.2) is 0 Å². The van der Waals surface area contributed by atoms with Crippen LogP contribution in [0.4, 0.5) is 0 Å². The standard InChI is InChI=1S/C7H16O2.Ca.ClH/c1-3-7(4-2,5-8)6-9;;/h8-9H,3-6H2,1-2H3;;1H/q;+2;/p-1. The molecule has 0 unspecified atom stereocenters. The van der Waals surface area contributed by atoms with Gasteiger partial charge in [0, 0.05) is 5.41 Å². The Kier molecular flexibility index (Phi) is 15.9. The molecule has 0 fully saturated rings. The Hall–Kier alpha value is 1.47. The minimum atomic E-state index is -0.222. The van der Waals surface area contributed by atoms with Gasteiger partial charge in [-0.25, -0.2) is 0 Å². The molecule has 0 spiro atoms. The molecule has 4 heteroatoms. The third-order valence-corrected chi connectivity index (χ3v) is 2.17. The molecule has 0 aliphatic heterocycles. The first kappa shape index (κ1) is 18.3. The van der Waals surface area contributed by atoms with Crippen LogP contribution >= 0.6 is 0 Å². The van der Waals surface area contributed by atoms with Gasteiger partial charge in [0.2, 0.25) is 0 Å². The van der Waals surface area contributed by atoms with Gasteiger partial charge < -0.3 is 22.6 Å². The topological polar surface area (TPSA) is 40.5 Å². The molecule has 0 saturated carbocycles. The van der Waals surface area contributed by atoms with Gasteiger partial charge in [-0.05, 0) is 12.8 Å². The van der Waals surface area contributed by atoms with E-state index in [1.54, 1.807) is 0 Å². The second-order valence-corrected chi connectivity index (χ2v) is 2.52. The summed E-state index contributed by atoms with van der Waals surface area (Å²) in [5, 5.41) is 17.6. The van der Waals surface area contributed by atoms with E-state index in [0.717, 1.165) is 12.8 Å². The van der Waals surface area contributed by atoms with Gasteiger partial charge in [-0.1, -0.05) is 13.8 Å². The van der Waals surface area contributed by atoms with Crippen molar-refractivity contribution in [2.24, 2.45) is 5.41 Å². The van der Waals surface area contributed by atoms with Crippen LogP contribution in [0.1, 0.15) is 26.7 Å². The van der Waals surface area contributed by atoms with Crippen LogP contribution in [-0.4, -0.2) is 61.2 Å². The molecule has 0 aromatic carbocycles. The van der Waals surface area contributed by atoms with E-state index in [4.69, 9.17) is 10.2 Å². The molecule has 0 bridgehead atoms. The second kappa shape index (κ2) is 9.56. The van der Waals surface area contributed by atoms with Crippen molar-refractivity contribution in [2.45, 2.75) is 26.7 Å². The summed E-state index contributed by atoms with van der Waals surface area (Å²) in [4.78, 5) is 0. The molecule has 11 heavy (non-hydrogen) atoms. The zero-order chi connectivity index (χ0) is 7.33. The Morgan fingerprint density at radius 1 is 1.00 bits per heavy atom. The number of aliphatic hydroxyl groups excluding tert-OH is 2. The minimum Gasteiger partial charge on any atom is -1.00 e. The molecule has 0 radical (unpaired) electrons. The first-order valence-corrected chi connectivity index (χ1v) is 3.46. The van der Waals surface area contributed by atoms with Crippen molar-refractivity contribution in [1.29, 1.82) is 0 Å². The maximum atomic E-state index is 8.82. The fraction of sp³-hybridized carbons (Fsp3) is 1.00. The van der Waals surface area contributed by atoms with Gasteiger partial charge in [0.15, 0.2) is 0 Å². The number of rotatable bonds is 4. The maximum absolute atomic E-state index is 8.82. The van der Waals surface area contributed by atoms with E-state index in [-0.39, 0.29) is 68.8 Å². The summed E-state index contributed by atoms with van der Waals surface area (Å²) in [6.45, 7) is 4.15. The van der Waals surface area contributed by atoms with Gasteiger partial charge in [-0.15, -0.1) is 0 Å². The quantitative estimate of drug-likeness (QED) is 0.497. The van der Waals surface area contributed by atoms with Crippen molar-refractivity contribution in [1.82, 2.24) is 0 Å². The van der Waals surface area contributed by atoms with Crippen LogP contribution in [0.2, 0.25) is 0 Å². The van der Waals surface area contributed by atoms with Crippen LogP contribution in [0.25, 0.3) is 0 Å². The molecule has 0 rings (SSSR count). The maximum Gasteiger partial charge on any atom is 2.00 e. The Morgan fingerprint density at radius 2 is 1.27 bits per heavy atom. The van der Waals surface area contributed by atoms with Crippen LogP contribution < -0.4 is 12.4 Å². The van der Waals surface area contributed by atoms with E-state index in [2.05, 4.69) is 0 Å². The molecule has 0 atom stereocenters. The van der Waals surface area contributed by atoms with Crippen molar-refractivity contribution in [2.75, 3.05) is 13.2 Å². The average molecular weight is 208 g/mol. The molecule has 0 aliphatic carbocycles. The van der Waals surface area contributed by atoms with E-state index < -0.39 is 0 Å². The fourth-order valence-electron chi connectivity index (χ4n) is 0.747. The summed E-state index contributed by atoms with van der Waals surface area (Å²) in [6, 6.07) is 0. The number of hydrogen-bond acceptors (Lipinski definition) is 2. The molecule has 0 aliphatic rings. The Balaban J connectivity index is -0.000000320. The Morgan fingerprint density at radius 3 is 1.27 bits per heavy atom. The van der Waals surface area contributed by atoms with Gasteiger partial charge >= 0.3 is 37.7 Å². The van der Waals surface area contributed by atoms with Crippen molar-refractivity contribution < 1.29 is 22.6 Å². The van der Waals surface area contributed by atoms with Crippen LogP contribution in [0, 0.1) is 5.41 Å². The molecule has 0 heterocycles. The van der Waals surface area contributed by atoms with E-state index in [0.29, 0.717) is 0 Å². The van der Waals surface area contributed by atoms with Crippen LogP contribution in [-0.2, 0) is 0 Å². The largest absolute Gasteiger partial charge is 2.00 e. The summed E-state index contributed by atoms with van der Waals surface area (Å²) in [5.74, 6) is 0. The van der Waals surface area contributed by atoms with Crippen molar-refractivity contribution in [3.8, 4) is 0 Å². The summed E-state index contributed by atoms with van der Waals surface area (Å²) < 4.78 is 0. The van der Waals surface area contributed by atoms with Crippen molar-refractivity contribution in [3.63, 3.8) is 0 Å². The van der Waals surface area contributed by atoms with Crippen LogP contribution in [0.3, 0.4) is 0 Å². The normalized spacial score (nSPS) is 9.82. The molecule has 64 valence electrons. The second-order valence-electron chi connectivity index (χ2n) is 2.52. The molecule has 2 N–H and O–H groups in total. The fourth-order valence-corrected chi connectivity index (χ4v) is 0.747. The number of halogens is 1. The summed E-state index contributed by atoms with van der Waals surface area (Å²) in [6.07, 6.45) is 1.69. The molecule has 0 saturated heterocycles. The number of hydrogen-bond donors (Lipinski definition) is 2. The van der Waals surface area contributed by atoms with E-state index in [1.807, 2.05) is 13.8 Å². The zero-order valence-electron chi connectivity index (χ0n) is 7.31.